The number of nitrogens with zero attached hydrogens (tertiary/aromatic N) is 2. The van der Waals surface area contributed by atoms with E-state index in [4.69, 9.17) is 5.26 Å². The van der Waals surface area contributed by atoms with Crippen LogP contribution in [-0.2, 0) is 0 Å². The van der Waals surface area contributed by atoms with Crippen molar-refractivity contribution in [3.05, 3.63) is 0 Å². The third-order valence-corrected chi connectivity index (χ3v) is 3.08. The molecule has 3 nitrogen and oxygen atoms in total. The van der Waals surface area contributed by atoms with Crippen molar-refractivity contribution in [1.29, 1.82) is 5.26 Å². The zero-order valence-electron chi connectivity index (χ0n) is 9.87. The molecule has 0 bridgehead atoms. The average molecular weight is 210 g/mol. The molecule has 1 aliphatic rings. The van der Waals surface area contributed by atoms with Crippen molar-refractivity contribution in [3.8, 4) is 6.07 Å². The maximum absolute atomic E-state index is 9.34. The zero-order chi connectivity index (χ0) is 11.3. The van der Waals surface area contributed by atoms with E-state index >= 15 is 0 Å². The van der Waals surface area contributed by atoms with E-state index in [1.165, 1.54) is 0 Å². The van der Waals surface area contributed by atoms with Gasteiger partial charge >= 0.3 is 0 Å². The summed E-state index contributed by atoms with van der Waals surface area (Å²) in [5, 5.41) is 18.2. The van der Waals surface area contributed by atoms with Crippen molar-refractivity contribution in [2.75, 3.05) is 19.6 Å². The fraction of sp³-hybridized carbons (Fsp3) is 0.917. The maximum atomic E-state index is 9.34. The van der Waals surface area contributed by atoms with Crippen LogP contribution in [0.2, 0.25) is 0 Å². The van der Waals surface area contributed by atoms with Gasteiger partial charge in [0.2, 0.25) is 0 Å². The van der Waals surface area contributed by atoms with Crippen molar-refractivity contribution < 1.29 is 5.11 Å². The molecule has 1 aliphatic heterocycles. The third-order valence-electron chi connectivity index (χ3n) is 3.08. The summed E-state index contributed by atoms with van der Waals surface area (Å²) < 4.78 is 0. The summed E-state index contributed by atoms with van der Waals surface area (Å²) in [7, 11) is 0. The normalized spacial score (nSPS) is 22.9. The molecule has 15 heavy (non-hydrogen) atoms. The van der Waals surface area contributed by atoms with E-state index in [0.717, 1.165) is 45.3 Å². The molecule has 0 unspecified atom stereocenters. The summed E-state index contributed by atoms with van der Waals surface area (Å²) in [6.45, 7) is 6.92. The molecule has 1 heterocycles. The largest absolute Gasteiger partial charge is 0.392 e. The Hall–Kier alpha value is -0.590. The van der Waals surface area contributed by atoms with Gasteiger partial charge in [0, 0.05) is 13.1 Å². The van der Waals surface area contributed by atoms with Gasteiger partial charge in [-0.2, -0.15) is 5.26 Å². The van der Waals surface area contributed by atoms with Crippen molar-refractivity contribution in [3.63, 3.8) is 0 Å². The highest BCUT2D eigenvalue weighted by atomic mass is 16.3. The summed E-state index contributed by atoms with van der Waals surface area (Å²) in [4.78, 5) is 2.31. The summed E-state index contributed by atoms with van der Waals surface area (Å²) in [5.74, 6) is 0. The molecule has 0 aromatic rings. The van der Waals surface area contributed by atoms with Gasteiger partial charge in [0.15, 0.2) is 0 Å². The molecule has 1 N–H and O–H groups in total. The van der Waals surface area contributed by atoms with Crippen LogP contribution in [0, 0.1) is 16.7 Å². The van der Waals surface area contributed by atoms with Gasteiger partial charge in [-0.1, -0.05) is 6.42 Å². The molecule has 0 aromatic carbocycles. The van der Waals surface area contributed by atoms with Crippen LogP contribution in [0.3, 0.4) is 0 Å². The van der Waals surface area contributed by atoms with E-state index < -0.39 is 0 Å². The van der Waals surface area contributed by atoms with Gasteiger partial charge in [-0.3, -0.25) is 0 Å². The molecule has 1 rings (SSSR count). The van der Waals surface area contributed by atoms with Crippen LogP contribution in [0.15, 0.2) is 0 Å². The number of hydrogen-bond donors (Lipinski definition) is 1. The minimum absolute atomic E-state index is 0.111. The van der Waals surface area contributed by atoms with Crippen molar-refractivity contribution in [2.45, 2.75) is 45.6 Å². The smallest absolute Gasteiger partial charge is 0.0683 e. The molecule has 0 saturated carbocycles. The lowest BCUT2D eigenvalue weighted by atomic mass is 9.89. The van der Waals surface area contributed by atoms with Gasteiger partial charge in [0.1, 0.15) is 0 Å². The van der Waals surface area contributed by atoms with E-state index in [9.17, 15) is 5.11 Å². The monoisotopic (exact) mass is 210 g/mol. The van der Waals surface area contributed by atoms with Crippen LogP contribution in [0.25, 0.3) is 0 Å². The molecule has 1 saturated heterocycles. The topological polar surface area (TPSA) is 47.3 Å². The second-order valence-electron chi connectivity index (χ2n) is 5.20. The highest BCUT2D eigenvalue weighted by Gasteiger charge is 2.20. The predicted octanol–water partition coefficient (Wildman–Crippen LogP) is 1.77. The fourth-order valence-electron chi connectivity index (χ4n) is 1.97. The quantitative estimate of drug-likeness (QED) is 0.703. The first-order valence-corrected chi connectivity index (χ1v) is 5.85. The van der Waals surface area contributed by atoms with E-state index in [0.29, 0.717) is 0 Å². The second kappa shape index (κ2) is 5.48. The minimum Gasteiger partial charge on any atom is -0.392 e. The number of nitriles is 1. The molecule has 1 atom stereocenters. The molecular weight excluding hydrogens is 188 g/mol. The van der Waals surface area contributed by atoms with E-state index in [1.807, 2.05) is 13.8 Å². The first kappa shape index (κ1) is 12.5. The first-order valence-electron chi connectivity index (χ1n) is 5.85. The van der Waals surface area contributed by atoms with Gasteiger partial charge in [0.05, 0.1) is 17.6 Å². The SMILES string of the molecule is CC(C)(C#N)CCCCN1CC[C@@H](O)C1. The molecule has 0 amide bonds. The molecule has 0 spiro atoms. The Balaban J connectivity index is 2.05. The number of β-amino-alcohol motifs (C(OH)–C–C–N with tert-alkyl or cyclic N) is 1. The minimum atomic E-state index is -0.176. The highest BCUT2D eigenvalue weighted by Crippen LogP contribution is 2.22. The molecule has 3 heteroatoms. The molecular formula is C12H22N2O. The highest BCUT2D eigenvalue weighted by molar-refractivity contribution is 4.91. The average Bonchev–Trinajstić information content (AvgIpc) is 2.59. The van der Waals surface area contributed by atoms with Crippen molar-refractivity contribution in [1.82, 2.24) is 4.90 Å². The van der Waals surface area contributed by atoms with Crippen molar-refractivity contribution in [2.24, 2.45) is 5.41 Å². The number of unbranched alkanes of at least 4 members (excludes halogenated alkanes) is 1. The number of aliphatic hydroxyl groups excluding tert-OH is 1. The summed E-state index contributed by atoms with van der Waals surface area (Å²) in [5.41, 5.74) is -0.176. The van der Waals surface area contributed by atoms with Crippen LogP contribution in [0.4, 0.5) is 0 Å². The number of likely N-dealkylation sites (tertiary alicyclic amines) is 1. The molecule has 1 fully saturated rings. The molecule has 0 aromatic heterocycles. The van der Waals surface area contributed by atoms with Crippen LogP contribution in [-0.4, -0.2) is 35.7 Å². The Morgan fingerprint density at radius 1 is 1.47 bits per heavy atom. The van der Waals surface area contributed by atoms with Crippen LogP contribution in [0.1, 0.15) is 39.5 Å². The molecule has 86 valence electrons. The molecule has 0 aliphatic carbocycles. The Morgan fingerprint density at radius 2 is 2.20 bits per heavy atom. The second-order valence-corrected chi connectivity index (χ2v) is 5.20. The van der Waals surface area contributed by atoms with Crippen LogP contribution >= 0.6 is 0 Å². The Labute approximate surface area is 92.7 Å². The van der Waals surface area contributed by atoms with Crippen LogP contribution in [0.5, 0.6) is 0 Å². The lowest BCUT2D eigenvalue weighted by molar-refractivity contribution is 0.175. The van der Waals surface area contributed by atoms with Gasteiger partial charge in [0.25, 0.3) is 0 Å². The van der Waals surface area contributed by atoms with Gasteiger partial charge < -0.3 is 10.0 Å². The van der Waals surface area contributed by atoms with E-state index in [1.54, 1.807) is 0 Å². The first-order chi connectivity index (χ1) is 7.03. The molecule has 0 radical (unpaired) electrons. The Morgan fingerprint density at radius 3 is 2.73 bits per heavy atom. The number of aliphatic hydroxyl groups is 1. The van der Waals surface area contributed by atoms with Gasteiger partial charge in [-0.05, 0) is 39.7 Å². The van der Waals surface area contributed by atoms with Crippen molar-refractivity contribution >= 4 is 0 Å². The summed E-state index contributed by atoms with van der Waals surface area (Å²) >= 11 is 0. The van der Waals surface area contributed by atoms with E-state index in [2.05, 4.69) is 11.0 Å². The maximum Gasteiger partial charge on any atom is 0.0683 e. The zero-order valence-corrected chi connectivity index (χ0v) is 9.87. The van der Waals surface area contributed by atoms with E-state index in [-0.39, 0.29) is 11.5 Å². The Kier molecular flexibility index (Phi) is 4.56. The standard InChI is InChI=1S/C12H22N2O/c1-12(2,10-13)6-3-4-7-14-8-5-11(15)9-14/h11,15H,3-9H2,1-2H3/t11-/m1/s1. The number of rotatable bonds is 5. The lowest BCUT2D eigenvalue weighted by Crippen LogP contribution is -2.23. The predicted molar refractivity (Wildman–Crippen MR) is 60.3 cm³/mol. The fourth-order valence-corrected chi connectivity index (χ4v) is 1.97. The summed E-state index contributed by atoms with van der Waals surface area (Å²) in [6.07, 6.45) is 4.02. The third kappa shape index (κ3) is 4.63. The number of hydrogen-bond acceptors (Lipinski definition) is 3. The van der Waals surface area contributed by atoms with Crippen LogP contribution < -0.4 is 0 Å². The summed E-state index contributed by atoms with van der Waals surface area (Å²) in [6, 6.07) is 2.32. The lowest BCUT2D eigenvalue weighted by Gasteiger charge is -2.17. The van der Waals surface area contributed by atoms with Gasteiger partial charge in [-0.15, -0.1) is 0 Å². The Bertz CT molecular complexity index is 232. The van der Waals surface area contributed by atoms with Gasteiger partial charge in [-0.25, -0.2) is 0 Å².